The number of aromatic nitrogens is 4. The number of ether oxygens (including phenoxy) is 1. The lowest BCUT2D eigenvalue weighted by Gasteiger charge is -2.04. The number of nitrogens with two attached hydrogens (primary N) is 1. The van der Waals surface area contributed by atoms with E-state index in [4.69, 9.17) is 10.5 Å². The molecule has 0 aliphatic heterocycles. The van der Waals surface area contributed by atoms with Gasteiger partial charge < -0.3 is 10.5 Å². The fraction of sp³-hybridized carbons (Fsp3) is 0.300. The first-order chi connectivity index (χ1) is 7.70. The Morgan fingerprint density at radius 3 is 2.88 bits per heavy atom. The molecule has 0 bridgehead atoms. The number of rotatable bonds is 3. The molecule has 0 radical (unpaired) electrons. The molecule has 6 nitrogen and oxygen atoms in total. The van der Waals surface area contributed by atoms with Gasteiger partial charge in [0, 0.05) is 6.07 Å². The molecule has 0 unspecified atom stereocenters. The topological polar surface area (TPSA) is 78.8 Å². The average molecular weight is 219 g/mol. The summed E-state index contributed by atoms with van der Waals surface area (Å²) in [6.45, 7) is 2.41. The third-order valence-electron chi connectivity index (χ3n) is 2.32. The van der Waals surface area contributed by atoms with Crippen LogP contribution in [0.2, 0.25) is 0 Å². The molecule has 0 fully saturated rings. The fourth-order valence-corrected chi connectivity index (χ4v) is 1.34. The summed E-state index contributed by atoms with van der Waals surface area (Å²) in [5.74, 6) is 1.03. The highest BCUT2D eigenvalue weighted by Gasteiger charge is 2.06. The lowest BCUT2D eigenvalue weighted by Crippen LogP contribution is -2.06. The largest absolute Gasteiger partial charge is 0.481 e. The van der Waals surface area contributed by atoms with Gasteiger partial charge in [-0.2, -0.15) is 0 Å². The Morgan fingerprint density at radius 1 is 1.44 bits per heavy atom. The summed E-state index contributed by atoms with van der Waals surface area (Å²) in [6.07, 6.45) is 0. The third-order valence-corrected chi connectivity index (χ3v) is 2.32. The van der Waals surface area contributed by atoms with Gasteiger partial charge in [0.2, 0.25) is 5.88 Å². The summed E-state index contributed by atoms with van der Waals surface area (Å²) in [6, 6.07) is 5.59. The highest BCUT2D eigenvalue weighted by molar-refractivity contribution is 5.31. The number of methoxy groups -OCH3 is 1. The summed E-state index contributed by atoms with van der Waals surface area (Å²) >= 11 is 0. The molecule has 2 aromatic heterocycles. The fourth-order valence-electron chi connectivity index (χ4n) is 1.34. The number of anilines is 1. The SMILES string of the molecule is COc1cccc(Cn2nnc(N)c2C)n1. The Kier molecular flexibility index (Phi) is 2.72. The summed E-state index contributed by atoms with van der Waals surface area (Å²) < 4.78 is 6.75. The minimum atomic E-state index is 0.447. The average Bonchev–Trinajstić information content (AvgIpc) is 2.61. The van der Waals surface area contributed by atoms with Crippen molar-refractivity contribution < 1.29 is 4.74 Å². The van der Waals surface area contributed by atoms with Crippen molar-refractivity contribution >= 4 is 5.82 Å². The molecule has 0 aromatic carbocycles. The molecule has 0 aliphatic carbocycles. The van der Waals surface area contributed by atoms with E-state index in [1.165, 1.54) is 0 Å². The van der Waals surface area contributed by atoms with Crippen LogP contribution in [0.1, 0.15) is 11.4 Å². The van der Waals surface area contributed by atoms with E-state index in [-0.39, 0.29) is 0 Å². The Hall–Kier alpha value is -2.11. The highest BCUT2D eigenvalue weighted by Crippen LogP contribution is 2.10. The molecule has 2 heterocycles. The van der Waals surface area contributed by atoms with Crippen molar-refractivity contribution in [1.82, 2.24) is 20.0 Å². The molecule has 0 amide bonds. The van der Waals surface area contributed by atoms with Crippen LogP contribution in [-0.2, 0) is 6.54 Å². The lowest BCUT2D eigenvalue weighted by atomic mass is 10.3. The van der Waals surface area contributed by atoms with Gasteiger partial charge >= 0.3 is 0 Å². The van der Waals surface area contributed by atoms with Crippen LogP contribution in [0, 0.1) is 6.92 Å². The number of nitrogen functional groups attached to an aromatic ring is 1. The second-order valence-corrected chi connectivity index (χ2v) is 3.39. The minimum Gasteiger partial charge on any atom is -0.481 e. The molecule has 0 spiro atoms. The van der Waals surface area contributed by atoms with Crippen LogP contribution >= 0.6 is 0 Å². The Labute approximate surface area is 93.1 Å². The zero-order valence-electron chi connectivity index (χ0n) is 9.21. The first kappa shape index (κ1) is 10.4. The van der Waals surface area contributed by atoms with Gasteiger partial charge in [-0.15, -0.1) is 5.10 Å². The van der Waals surface area contributed by atoms with E-state index in [2.05, 4.69) is 15.3 Å². The summed E-state index contributed by atoms with van der Waals surface area (Å²) in [5.41, 5.74) is 7.30. The van der Waals surface area contributed by atoms with E-state index in [0.29, 0.717) is 18.2 Å². The van der Waals surface area contributed by atoms with E-state index in [0.717, 1.165) is 11.4 Å². The monoisotopic (exact) mass is 219 g/mol. The molecule has 2 rings (SSSR count). The van der Waals surface area contributed by atoms with E-state index < -0.39 is 0 Å². The summed E-state index contributed by atoms with van der Waals surface area (Å²) in [7, 11) is 1.59. The Balaban J connectivity index is 2.23. The Morgan fingerprint density at radius 2 is 2.25 bits per heavy atom. The minimum absolute atomic E-state index is 0.447. The zero-order chi connectivity index (χ0) is 11.5. The maximum absolute atomic E-state index is 5.61. The van der Waals surface area contributed by atoms with Crippen LogP contribution in [0.15, 0.2) is 18.2 Å². The van der Waals surface area contributed by atoms with E-state index in [1.807, 2.05) is 19.1 Å². The maximum atomic E-state index is 5.61. The molecule has 0 saturated heterocycles. The van der Waals surface area contributed by atoms with E-state index in [9.17, 15) is 0 Å². The maximum Gasteiger partial charge on any atom is 0.213 e. The third kappa shape index (κ3) is 1.95. The van der Waals surface area contributed by atoms with Crippen LogP contribution in [0.3, 0.4) is 0 Å². The highest BCUT2D eigenvalue weighted by atomic mass is 16.5. The molecule has 2 N–H and O–H groups in total. The van der Waals surface area contributed by atoms with Gasteiger partial charge in [0.05, 0.1) is 25.0 Å². The van der Waals surface area contributed by atoms with Gasteiger partial charge in [-0.25, -0.2) is 9.67 Å². The van der Waals surface area contributed by atoms with Gasteiger partial charge in [0.1, 0.15) is 0 Å². The van der Waals surface area contributed by atoms with Crippen molar-refractivity contribution in [1.29, 1.82) is 0 Å². The van der Waals surface area contributed by atoms with Crippen LogP contribution in [0.4, 0.5) is 5.82 Å². The Bertz CT molecular complexity index is 494. The van der Waals surface area contributed by atoms with Crippen molar-refractivity contribution in [2.75, 3.05) is 12.8 Å². The standard InChI is InChI=1S/C10H13N5O/c1-7-10(11)13-14-15(7)6-8-4-3-5-9(12-8)16-2/h3-5H,6,11H2,1-2H3. The second kappa shape index (κ2) is 4.18. The van der Waals surface area contributed by atoms with Gasteiger partial charge in [0.15, 0.2) is 5.82 Å². The van der Waals surface area contributed by atoms with E-state index >= 15 is 0 Å². The van der Waals surface area contributed by atoms with Crippen LogP contribution in [0.5, 0.6) is 5.88 Å². The number of nitrogens with zero attached hydrogens (tertiary/aromatic N) is 4. The molecule has 0 atom stereocenters. The predicted molar refractivity (Wildman–Crippen MR) is 59.1 cm³/mol. The van der Waals surface area contributed by atoms with E-state index in [1.54, 1.807) is 17.9 Å². The molecular weight excluding hydrogens is 206 g/mol. The predicted octanol–water partition coefficient (Wildman–Crippen LogP) is 0.621. The second-order valence-electron chi connectivity index (χ2n) is 3.39. The van der Waals surface area contributed by atoms with Crippen molar-refractivity contribution in [2.24, 2.45) is 0 Å². The van der Waals surface area contributed by atoms with Gasteiger partial charge in [0.25, 0.3) is 0 Å². The smallest absolute Gasteiger partial charge is 0.213 e. The first-order valence-electron chi connectivity index (χ1n) is 4.86. The van der Waals surface area contributed by atoms with Crippen LogP contribution in [-0.4, -0.2) is 27.1 Å². The molecular formula is C10H13N5O. The van der Waals surface area contributed by atoms with Crippen LogP contribution in [0.25, 0.3) is 0 Å². The van der Waals surface area contributed by atoms with Crippen molar-refractivity contribution in [3.05, 3.63) is 29.6 Å². The lowest BCUT2D eigenvalue weighted by molar-refractivity contribution is 0.395. The van der Waals surface area contributed by atoms with Crippen molar-refractivity contribution in [2.45, 2.75) is 13.5 Å². The molecule has 84 valence electrons. The van der Waals surface area contributed by atoms with Crippen molar-refractivity contribution in [3.8, 4) is 5.88 Å². The number of hydrogen-bond donors (Lipinski definition) is 1. The van der Waals surface area contributed by atoms with Gasteiger partial charge in [-0.05, 0) is 13.0 Å². The quantitative estimate of drug-likeness (QED) is 0.818. The van der Waals surface area contributed by atoms with Crippen LogP contribution < -0.4 is 10.5 Å². The molecule has 16 heavy (non-hydrogen) atoms. The molecule has 2 aromatic rings. The summed E-state index contributed by atoms with van der Waals surface area (Å²) in [4.78, 5) is 4.29. The molecule has 0 saturated carbocycles. The number of pyridine rings is 1. The van der Waals surface area contributed by atoms with Gasteiger partial charge in [-0.3, -0.25) is 0 Å². The first-order valence-corrected chi connectivity index (χ1v) is 4.86. The summed E-state index contributed by atoms with van der Waals surface area (Å²) in [5, 5.41) is 7.71. The van der Waals surface area contributed by atoms with Crippen molar-refractivity contribution in [3.63, 3.8) is 0 Å². The zero-order valence-corrected chi connectivity index (χ0v) is 9.21. The number of hydrogen-bond acceptors (Lipinski definition) is 5. The molecule has 0 aliphatic rings. The normalized spacial score (nSPS) is 10.4. The molecule has 6 heteroatoms. The van der Waals surface area contributed by atoms with Gasteiger partial charge in [-0.1, -0.05) is 11.3 Å².